The SMILES string of the molecule is OC1(c2ccc(Cl)c(C(F)(F)F)c2)CCN(Cc2cccc3c2OCO3)CC1. The zero-order chi connectivity index (χ0) is 19.9. The molecule has 0 saturated carbocycles. The first-order valence-corrected chi connectivity index (χ1v) is 9.33. The van der Waals surface area contributed by atoms with Crippen molar-refractivity contribution in [2.24, 2.45) is 0 Å². The van der Waals surface area contributed by atoms with Crippen LogP contribution in [0.1, 0.15) is 29.5 Å². The Kier molecular flexibility index (Phi) is 4.93. The lowest BCUT2D eigenvalue weighted by Crippen LogP contribution is -2.42. The monoisotopic (exact) mass is 413 g/mol. The molecule has 0 bridgehead atoms. The molecule has 8 heteroatoms. The minimum absolute atomic E-state index is 0.199. The first-order chi connectivity index (χ1) is 13.3. The van der Waals surface area contributed by atoms with Gasteiger partial charge >= 0.3 is 6.18 Å². The first-order valence-electron chi connectivity index (χ1n) is 8.96. The highest BCUT2D eigenvalue weighted by molar-refractivity contribution is 6.31. The Morgan fingerprint density at radius 3 is 2.57 bits per heavy atom. The van der Waals surface area contributed by atoms with Crippen molar-refractivity contribution < 1.29 is 27.8 Å². The fraction of sp³-hybridized carbons (Fsp3) is 0.400. The van der Waals surface area contributed by atoms with Gasteiger partial charge in [-0.25, -0.2) is 0 Å². The normalized spacial score (nSPS) is 19.0. The third-order valence-electron chi connectivity index (χ3n) is 5.36. The van der Waals surface area contributed by atoms with E-state index in [9.17, 15) is 18.3 Å². The van der Waals surface area contributed by atoms with Gasteiger partial charge in [0.15, 0.2) is 11.5 Å². The molecule has 0 radical (unpaired) electrons. The number of para-hydroxylation sites is 1. The molecule has 0 aliphatic carbocycles. The van der Waals surface area contributed by atoms with E-state index in [1.54, 1.807) is 0 Å². The van der Waals surface area contributed by atoms with E-state index >= 15 is 0 Å². The number of nitrogens with zero attached hydrogens (tertiary/aromatic N) is 1. The third kappa shape index (κ3) is 3.66. The number of piperidine rings is 1. The van der Waals surface area contributed by atoms with Gasteiger partial charge in [-0.1, -0.05) is 29.8 Å². The molecule has 0 amide bonds. The van der Waals surface area contributed by atoms with Crippen LogP contribution in [0, 0.1) is 0 Å². The van der Waals surface area contributed by atoms with Crippen molar-refractivity contribution in [3.8, 4) is 11.5 Å². The molecule has 4 rings (SSSR count). The molecule has 0 unspecified atom stereocenters. The zero-order valence-electron chi connectivity index (χ0n) is 14.9. The standard InChI is InChI=1S/C20H19ClF3NO3/c21-16-5-4-14(10-15(16)20(22,23)24)19(26)6-8-25(9-7-19)11-13-2-1-3-17-18(13)28-12-27-17/h1-5,10,26H,6-9,11-12H2. The molecular formula is C20H19ClF3NO3. The van der Waals surface area contributed by atoms with E-state index in [2.05, 4.69) is 4.90 Å². The van der Waals surface area contributed by atoms with Gasteiger partial charge in [0.2, 0.25) is 6.79 Å². The van der Waals surface area contributed by atoms with Crippen LogP contribution in [0.25, 0.3) is 0 Å². The topological polar surface area (TPSA) is 41.9 Å². The van der Waals surface area contributed by atoms with Crippen LogP contribution in [0.2, 0.25) is 5.02 Å². The van der Waals surface area contributed by atoms with Gasteiger partial charge in [-0.3, -0.25) is 4.90 Å². The summed E-state index contributed by atoms with van der Waals surface area (Å²) in [5.74, 6) is 1.45. The molecule has 150 valence electrons. The first kappa shape index (κ1) is 19.4. The fourth-order valence-electron chi connectivity index (χ4n) is 3.76. The predicted molar refractivity (Wildman–Crippen MR) is 97.4 cm³/mol. The highest BCUT2D eigenvalue weighted by atomic mass is 35.5. The van der Waals surface area contributed by atoms with E-state index in [4.69, 9.17) is 21.1 Å². The third-order valence-corrected chi connectivity index (χ3v) is 5.69. The maximum absolute atomic E-state index is 13.1. The lowest BCUT2D eigenvalue weighted by molar-refractivity contribution is -0.137. The molecule has 2 aliphatic rings. The Morgan fingerprint density at radius 2 is 1.86 bits per heavy atom. The van der Waals surface area contributed by atoms with Crippen LogP contribution >= 0.6 is 11.6 Å². The maximum Gasteiger partial charge on any atom is 0.417 e. The van der Waals surface area contributed by atoms with Crippen LogP contribution < -0.4 is 9.47 Å². The molecule has 1 N–H and O–H groups in total. The highest BCUT2D eigenvalue weighted by Gasteiger charge is 2.38. The van der Waals surface area contributed by atoms with Crippen LogP contribution in [0.5, 0.6) is 11.5 Å². The summed E-state index contributed by atoms with van der Waals surface area (Å²) in [5.41, 5.74) is -0.980. The Bertz CT molecular complexity index is 879. The number of ether oxygens (including phenoxy) is 2. The smallest absolute Gasteiger partial charge is 0.417 e. The van der Waals surface area contributed by atoms with Crippen LogP contribution in [-0.2, 0) is 18.3 Å². The number of benzene rings is 2. The average molecular weight is 414 g/mol. The lowest BCUT2D eigenvalue weighted by Gasteiger charge is -2.39. The van der Waals surface area contributed by atoms with Crippen molar-refractivity contribution in [3.05, 3.63) is 58.1 Å². The van der Waals surface area contributed by atoms with E-state index in [0.717, 1.165) is 17.4 Å². The van der Waals surface area contributed by atoms with E-state index in [-0.39, 0.29) is 17.4 Å². The minimum atomic E-state index is -4.56. The average Bonchev–Trinajstić information content (AvgIpc) is 3.13. The zero-order valence-corrected chi connectivity index (χ0v) is 15.7. The molecule has 1 saturated heterocycles. The van der Waals surface area contributed by atoms with Crippen LogP contribution in [-0.4, -0.2) is 29.9 Å². The largest absolute Gasteiger partial charge is 0.454 e. The van der Waals surface area contributed by atoms with Gasteiger partial charge in [0, 0.05) is 25.2 Å². The number of likely N-dealkylation sites (tertiary alicyclic amines) is 1. The number of aliphatic hydroxyl groups is 1. The van der Waals surface area contributed by atoms with Gasteiger partial charge in [-0.05, 0) is 36.6 Å². The number of hydrogen-bond donors (Lipinski definition) is 1. The second-order valence-corrected chi connectivity index (χ2v) is 7.56. The molecule has 0 spiro atoms. The summed E-state index contributed by atoms with van der Waals surface area (Å²) >= 11 is 5.69. The van der Waals surface area contributed by atoms with E-state index < -0.39 is 17.3 Å². The number of alkyl halides is 3. The fourth-order valence-corrected chi connectivity index (χ4v) is 3.98. The summed E-state index contributed by atoms with van der Waals surface area (Å²) in [5, 5.41) is 10.6. The predicted octanol–water partition coefficient (Wildman–Crippen LogP) is 4.57. The van der Waals surface area contributed by atoms with Gasteiger partial charge < -0.3 is 14.6 Å². The van der Waals surface area contributed by atoms with Gasteiger partial charge in [0.05, 0.1) is 16.2 Å². The van der Waals surface area contributed by atoms with Crippen molar-refractivity contribution >= 4 is 11.6 Å². The molecule has 28 heavy (non-hydrogen) atoms. The summed E-state index contributed by atoms with van der Waals surface area (Å²) in [6.45, 7) is 1.91. The van der Waals surface area contributed by atoms with Gasteiger partial charge in [-0.2, -0.15) is 13.2 Å². The molecule has 2 aliphatic heterocycles. The van der Waals surface area contributed by atoms with Crippen LogP contribution in [0.3, 0.4) is 0 Å². The van der Waals surface area contributed by atoms with Crippen molar-refractivity contribution in [1.29, 1.82) is 0 Å². The number of rotatable bonds is 3. The summed E-state index contributed by atoms with van der Waals surface area (Å²) < 4.78 is 50.3. The number of halogens is 4. The number of hydrogen-bond acceptors (Lipinski definition) is 4. The van der Waals surface area contributed by atoms with Crippen molar-refractivity contribution in [2.45, 2.75) is 31.2 Å². The second kappa shape index (κ2) is 7.13. The summed E-state index contributed by atoms with van der Waals surface area (Å²) in [7, 11) is 0. The molecule has 4 nitrogen and oxygen atoms in total. The van der Waals surface area contributed by atoms with Crippen molar-refractivity contribution in [2.75, 3.05) is 19.9 Å². The quantitative estimate of drug-likeness (QED) is 0.800. The molecule has 2 heterocycles. The molecule has 0 atom stereocenters. The van der Waals surface area contributed by atoms with Crippen LogP contribution in [0.4, 0.5) is 13.2 Å². The van der Waals surface area contributed by atoms with E-state index in [1.165, 1.54) is 12.1 Å². The molecule has 0 aromatic heterocycles. The summed E-state index contributed by atoms with van der Waals surface area (Å²) in [6.07, 6.45) is -3.89. The van der Waals surface area contributed by atoms with Crippen molar-refractivity contribution in [1.82, 2.24) is 4.90 Å². The lowest BCUT2D eigenvalue weighted by atomic mass is 9.83. The van der Waals surface area contributed by atoms with E-state index in [0.29, 0.717) is 38.2 Å². The van der Waals surface area contributed by atoms with Crippen molar-refractivity contribution in [3.63, 3.8) is 0 Å². The molecular weight excluding hydrogens is 395 g/mol. The summed E-state index contributed by atoms with van der Waals surface area (Å²) in [4.78, 5) is 2.15. The Morgan fingerprint density at radius 1 is 1.11 bits per heavy atom. The van der Waals surface area contributed by atoms with Crippen LogP contribution in [0.15, 0.2) is 36.4 Å². The highest BCUT2D eigenvalue weighted by Crippen LogP contribution is 2.41. The second-order valence-electron chi connectivity index (χ2n) is 7.15. The molecule has 2 aromatic carbocycles. The van der Waals surface area contributed by atoms with E-state index in [1.807, 2.05) is 18.2 Å². The number of fused-ring (bicyclic) bond motifs is 1. The summed E-state index contributed by atoms with van der Waals surface area (Å²) in [6, 6.07) is 9.35. The van der Waals surface area contributed by atoms with Gasteiger partial charge in [0.1, 0.15) is 0 Å². The Labute approximate surface area is 165 Å². The van der Waals surface area contributed by atoms with Gasteiger partial charge in [-0.15, -0.1) is 0 Å². The maximum atomic E-state index is 13.1. The molecule has 2 aromatic rings. The Hall–Kier alpha value is -1.96. The minimum Gasteiger partial charge on any atom is -0.454 e. The van der Waals surface area contributed by atoms with Gasteiger partial charge in [0.25, 0.3) is 0 Å². The Balaban J connectivity index is 1.47. The molecule has 1 fully saturated rings.